The minimum absolute atomic E-state index is 0. The SMILES string of the molecule is Cc1cc(Br)c(C(=O)N2CCC[C@@H](N)C2)cc1F.Cl. The highest BCUT2D eigenvalue weighted by molar-refractivity contribution is 9.10. The third-order valence-electron chi connectivity index (χ3n) is 3.22. The molecule has 1 aromatic rings. The van der Waals surface area contributed by atoms with Crippen LogP contribution in [0.3, 0.4) is 0 Å². The summed E-state index contributed by atoms with van der Waals surface area (Å²) in [6, 6.07) is 2.95. The van der Waals surface area contributed by atoms with Crippen molar-refractivity contribution in [2.45, 2.75) is 25.8 Å². The molecule has 3 nitrogen and oxygen atoms in total. The molecule has 0 radical (unpaired) electrons. The molecule has 6 heteroatoms. The van der Waals surface area contributed by atoms with E-state index < -0.39 is 0 Å². The van der Waals surface area contributed by atoms with Crippen molar-refractivity contribution in [2.75, 3.05) is 13.1 Å². The smallest absolute Gasteiger partial charge is 0.255 e. The van der Waals surface area contributed by atoms with Crippen molar-refractivity contribution in [2.24, 2.45) is 5.73 Å². The lowest BCUT2D eigenvalue weighted by molar-refractivity contribution is 0.0707. The Hall–Kier alpha value is -0.650. The van der Waals surface area contributed by atoms with Gasteiger partial charge in [-0.25, -0.2) is 4.39 Å². The van der Waals surface area contributed by atoms with E-state index in [9.17, 15) is 9.18 Å². The van der Waals surface area contributed by atoms with Crippen LogP contribution < -0.4 is 5.73 Å². The number of likely N-dealkylation sites (tertiary alicyclic amines) is 1. The van der Waals surface area contributed by atoms with Crippen molar-refractivity contribution >= 4 is 34.2 Å². The first-order chi connectivity index (χ1) is 8.49. The van der Waals surface area contributed by atoms with Gasteiger partial charge in [0.25, 0.3) is 5.91 Å². The maximum Gasteiger partial charge on any atom is 0.255 e. The van der Waals surface area contributed by atoms with E-state index in [1.54, 1.807) is 17.9 Å². The van der Waals surface area contributed by atoms with Crippen molar-refractivity contribution in [1.82, 2.24) is 4.90 Å². The highest BCUT2D eigenvalue weighted by Gasteiger charge is 2.24. The Kier molecular flexibility index (Phi) is 5.77. The summed E-state index contributed by atoms with van der Waals surface area (Å²) in [5.74, 6) is -0.515. The van der Waals surface area contributed by atoms with E-state index in [-0.39, 0.29) is 30.2 Å². The van der Waals surface area contributed by atoms with Gasteiger partial charge < -0.3 is 10.6 Å². The fourth-order valence-electron chi connectivity index (χ4n) is 2.17. The molecule has 0 aromatic heterocycles. The van der Waals surface area contributed by atoms with Gasteiger partial charge in [0.15, 0.2) is 0 Å². The number of nitrogens with two attached hydrogens (primary N) is 1. The van der Waals surface area contributed by atoms with Crippen LogP contribution in [-0.2, 0) is 0 Å². The van der Waals surface area contributed by atoms with Gasteiger partial charge in [-0.15, -0.1) is 12.4 Å². The normalized spacial score (nSPS) is 18.9. The van der Waals surface area contributed by atoms with Crippen LogP contribution in [0, 0.1) is 12.7 Å². The molecule has 1 saturated heterocycles. The lowest BCUT2D eigenvalue weighted by atomic mass is 10.0. The Morgan fingerprint density at radius 2 is 2.21 bits per heavy atom. The Morgan fingerprint density at radius 1 is 1.53 bits per heavy atom. The quantitative estimate of drug-likeness (QED) is 0.845. The molecule has 0 spiro atoms. The van der Waals surface area contributed by atoms with Crippen LogP contribution in [0.5, 0.6) is 0 Å². The minimum Gasteiger partial charge on any atom is -0.337 e. The van der Waals surface area contributed by atoms with Crippen molar-refractivity contribution in [3.8, 4) is 0 Å². The van der Waals surface area contributed by atoms with E-state index in [0.29, 0.717) is 28.7 Å². The second-order valence-electron chi connectivity index (χ2n) is 4.73. The monoisotopic (exact) mass is 350 g/mol. The number of rotatable bonds is 1. The summed E-state index contributed by atoms with van der Waals surface area (Å²) in [5, 5.41) is 0. The summed E-state index contributed by atoms with van der Waals surface area (Å²) in [6.07, 6.45) is 1.84. The van der Waals surface area contributed by atoms with E-state index in [1.165, 1.54) is 6.07 Å². The molecule has 1 amide bonds. The molecule has 19 heavy (non-hydrogen) atoms. The van der Waals surface area contributed by atoms with E-state index >= 15 is 0 Å². The van der Waals surface area contributed by atoms with Crippen molar-refractivity contribution < 1.29 is 9.18 Å². The van der Waals surface area contributed by atoms with Gasteiger partial charge >= 0.3 is 0 Å². The van der Waals surface area contributed by atoms with E-state index in [2.05, 4.69) is 15.9 Å². The standard InChI is InChI=1S/C13H16BrFN2O.ClH/c1-8-5-11(14)10(6-12(8)15)13(18)17-4-2-3-9(16)7-17;/h5-6,9H,2-4,7,16H2,1H3;1H/t9-;/m1./s1. The molecule has 0 saturated carbocycles. The number of piperidine rings is 1. The molecule has 0 bridgehead atoms. The summed E-state index contributed by atoms with van der Waals surface area (Å²) in [5.41, 5.74) is 6.74. The molecule has 1 fully saturated rings. The van der Waals surface area contributed by atoms with Crippen LogP contribution in [0.2, 0.25) is 0 Å². The second-order valence-corrected chi connectivity index (χ2v) is 5.59. The maximum atomic E-state index is 13.5. The third kappa shape index (κ3) is 3.68. The fraction of sp³-hybridized carbons (Fsp3) is 0.462. The topological polar surface area (TPSA) is 46.3 Å². The molecule has 2 N–H and O–H groups in total. The molecule has 1 aromatic carbocycles. The number of halogens is 3. The van der Waals surface area contributed by atoms with E-state index in [4.69, 9.17) is 5.73 Å². The Morgan fingerprint density at radius 3 is 2.84 bits per heavy atom. The molecular weight excluding hydrogens is 335 g/mol. The van der Waals surface area contributed by atoms with Crippen LogP contribution in [0.15, 0.2) is 16.6 Å². The van der Waals surface area contributed by atoms with Gasteiger partial charge in [-0.1, -0.05) is 0 Å². The van der Waals surface area contributed by atoms with Crippen molar-refractivity contribution in [3.63, 3.8) is 0 Å². The van der Waals surface area contributed by atoms with Gasteiger partial charge in [0.1, 0.15) is 5.82 Å². The number of hydrogen-bond acceptors (Lipinski definition) is 2. The first-order valence-corrected chi connectivity index (χ1v) is 6.79. The number of carbonyl (C=O) groups excluding carboxylic acids is 1. The average molecular weight is 352 g/mol. The third-order valence-corrected chi connectivity index (χ3v) is 3.88. The number of nitrogens with zero attached hydrogens (tertiary/aromatic N) is 1. The van der Waals surface area contributed by atoms with E-state index in [1.807, 2.05) is 0 Å². The van der Waals surface area contributed by atoms with Crippen LogP contribution >= 0.6 is 28.3 Å². The van der Waals surface area contributed by atoms with Gasteiger partial charge in [-0.2, -0.15) is 0 Å². The predicted molar refractivity (Wildman–Crippen MR) is 79.2 cm³/mol. The van der Waals surface area contributed by atoms with Crippen LogP contribution in [0.4, 0.5) is 4.39 Å². The fourth-order valence-corrected chi connectivity index (χ4v) is 2.80. The van der Waals surface area contributed by atoms with Gasteiger partial charge in [-0.05, 0) is 53.4 Å². The van der Waals surface area contributed by atoms with Gasteiger partial charge in [0.05, 0.1) is 5.56 Å². The molecule has 1 heterocycles. The van der Waals surface area contributed by atoms with Gasteiger partial charge in [-0.3, -0.25) is 4.79 Å². The summed E-state index contributed by atoms with van der Waals surface area (Å²) in [6.45, 7) is 2.90. The molecule has 106 valence electrons. The van der Waals surface area contributed by atoms with Crippen LogP contribution in [0.25, 0.3) is 0 Å². The lowest BCUT2D eigenvalue weighted by Crippen LogP contribution is -2.45. The molecule has 2 rings (SSSR count). The zero-order valence-corrected chi connectivity index (χ0v) is 13.1. The van der Waals surface area contributed by atoms with Gasteiger partial charge in [0.2, 0.25) is 0 Å². The number of amides is 1. The van der Waals surface area contributed by atoms with Crippen LogP contribution in [-0.4, -0.2) is 29.9 Å². The Bertz CT molecular complexity index is 484. The molecule has 1 aliphatic rings. The summed E-state index contributed by atoms with van der Waals surface area (Å²) < 4.78 is 14.2. The molecule has 0 aliphatic carbocycles. The molecule has 1 aliphatic heterocycles. The summed E-state index contributed by atoms with van der Waals surface area (Å²) in [7, 11) is 0. The number of carbonyl (C=O) groups is 1. The van der Waals surface area contributed by atoms with Crippen LogP contribution in [0.1, 0.15) is 28.8 Å². The van der Waals surface area contributed by atoms with E-state index in [0.717, 1.165) is 12.8 Å². The number of hydrogen-bond donors (Lipinski definition) is 1. The molecular formula is C13H17BrClFN2O. The zero-order valence-electron chi connectivity index (χ0n) is 10.7. The first kappa shape index (κ1) is 16.4. The number of aryl methyl sites for hydroxylation is 1. The predicted octanol–water partition coefficient (Wildman–Crippen LogP) is 2.88. The molecule has 0 unspecified atom stereocenters. The van der Waals surface area contributed by atoms with Crippen molar-refractivity contribution in [1.29, 1.82) is 0 Å². The second kappa shape index (κ2) is 6.68. The van der Waals surface area contributed by atoms with Crippen molar-refractivity contribution in [3.05, 3.63) is 33.5 Å². The molecule has 1 atom stereocenters. The lowest BCUT2D eigenvalue weighted by Gasteiger charge is -2.31. The Balaban J connectivity index is 0.00000180. The minimum atomic E-state index is -0.358. The highest BCUT2D eigenvalue weighted by atomic mass is 79.9. The first-order valence-electron chi connectivity index (χ1n) is 5.99. The zero-order chi connectivity index (χ0) is 13.3. The maximum absolute atomic E-state index is 13.5. The highest BCUT2D eigenvalue weighted by Crippen LogP contribution is 2.23. The Labute approximate surface area is 126 Å². The van der Waals surface area contributed by atoms with Gasteiger partial charge in [0, 0.05) is 23.6 Å². The summed E-state index contributed by atoms with van der Waals surface area (Å²) >= 11 is 3.32. The average Bonchev–Trinajstić information content (AvgIpc) is 2.33. The summed E-state index contributed by atoms with van der Waals surface area (Å²) in [4.78, 5) is 14.0. The largest absolute Gasteiger partial charge is 0.337 e. The number of benzene rings is 1.